The quantitative estimate of drug-likeness (QED) is 0.738. The van der Waals surface area contributed by atoms with Crippen LogP contribution in [-0.4, -0.2) is 20.1 Å². The van der Waals surface area contributed by atoms with Gasteiger partial charge >= 0.3 is 0 Å². The number of benzene rings is 1. The van der Waals surface area contributed by atoms with Gasteiger partial charge in [0, 0.05) is 11.8 Å². The van der Waals surface area contributed by atoms with Crippen molar-refractivity contribution in [2.24, 2.45) is 0 Å². The number of nitrogens with zero attached hydrogens (tertiary/aromatic N) is 2. The molecule has 3 rings (SSSR count). The Morgan fingerprint density at radius 1 is 1.11 bits per heavy atom. The lowest BCUT2D eigenvalue weighted by Gasteiger charge is -2.17. The molecular weight excluding hydrogens is 238 g/mol. The fourth-order valence-electron chi connectivity index (χ4n) is 2.02. The predicted octanol–water partition coefficient (Wildman–Crippen LogP) is 2.85. The molecule has 0 aliphatic heterocycles. The molecule has 3 aromatic rings. The lowest BCUT2D eigenvalue weighted by atomic mass is 9.97. The van der Waals surface area contributed by atoms with Gasteiger partial charge in [-0.3, -0.25) is 0 Å². The third-order valence-electron chi connectivity index (χ3n) is 3.12. The van der Waals surface area contributed by atoms with Crippen LogP contribution in [0.5, 0.6) is 0 Å². The molecule has 96 valence electrons. The van der Waals surface area contributed by atoms with E-state index in [0.717, 1.165) is 22.5 Å². The smallest absolute Gasteiger partial charge is 0.178 e. The summed E-state index contributed by atoms with van der Waals surface area (Å²) >= 11 is 0. The lowest BCUT2D eigenvalue weighted by molar-refractivity contribution is 0.0786. The number of aliphatic hydroxyl groups is 1. The Labute approximate surface area is 111 Å². The number of aromatic amines is 1. The molecule has 1 aromatic carbocycles. The first kappa shape index (κ1) is 11.9. The van der Waals surface area contributed by atoms with Crippen molar-refractivity contribution >= 4 is 11.2 Å². The molecule has 0 atom stereocenters. The minimum absolute atomic E-state index is 0.712. The van der Waals surface area contributed by atoms with Gasteiger partial charge < -0.3 is 10.1 Å². The minimum Gasteiger partial charge on any atom is -0.386 e. The molecule has 0 saturated carbocycles. The summed E-state index contributed by atoms with van der Waals surface area (Å²) < 4.78 is 0. The maximum Gasteiger partial charge on any atom is 0.178 e. The van der Waals surface area contributed by atoms with E-state index < -0.39 is 5.60 Å². The van der Waals surface area contributed by atoms with E-state index in [1.165, 1.54) is 0 Å². The van der Waals surface area contributed by atoms with Crippen LogP contribution in [0.2, 0.25) is 0 Å². The van der Waals surface area contributed by atoms with Crippen molar-refractivity contribution in [1.82, 2.24) is 15.0 Å². The summed E-state index contributed by atoms with van der Waals surface area (Å²) in [6.45, 7) is 3.54. The van der Waals surface area contributed by atoms with Gasteiger partial charge in [-0.05, 0) is 31.5 Å². The largest absolute Gasteiger partial charge is 0.386 e. The van der Waals surface area contributed by atoms with Gasteiger partial charge in [0.2, 0.25) is 0 Å². The van der Waals surface area contributed by atoms with Crippen molar-refractivity contribution in [3.8, 4) is 11.4 Å². The van der Waals surface area contributed by atoms with E-state index in [1.54, 1.807) is 20.0 Å². The van der Waals surface area contributed by atoms with Crippen LogP contribution in [0.3, 0.4) is 0 Å². The highest BCUT2D eigenvalue weighted by Gasteiger charge is 2.15. The summed E-state index contributed by atoms with van der Waals surface area (Å²) in [4.78, 5) is 11.9. The standard InChI is InChI=1S/C15H15N3O/c1-15(2,19)11-7-5-10(6-8-11)13-17-12-4-3-9-16-14(12)18-13/h3-9,19H,1-2H3,(H,16,17,18). The van der Waals surface area contributed by atoms with E-state index >= 15 is 0 Å². The van der Waals surface area contributed by atoms with Gasteiger partial charge in [0.1, 0.15) is 5.82 Å². The van der Waals surface area contributed by atoms with Crippen LogP contribution in [0, 0.1) is 0 Å². The topological polar surface area (TPSA) is 61.8 Å². The highest BCUT2D eigenvalue weighted by Crippen LogP contribution is 2.24. The molecule has 0 radical (unpaired) electrons. The molecule has 2 heterocycles. The van der Waals surface area contributed by atoms with Crippen molar-refractivity contribution in [3.05, 3.63) is 48.2 Å². The fourth-order valence-corrected chi connectivity index (χ4v) is 2.02. The van der Waals surface area contributed by atoms with E-state index in [2.05, 4.69) is 15.0 Å². The molecule has 2 N–H and O–H groups in total. The van der Waals surface area contributed by atoms with Crippen LogP contribution in [0.4, 0.5) is 0 Å². The van der Waals surface area contributed by atoms with E-state index in [4.69, 9.17) is 0 Å². The molecule has 0 fully saturated rings. The maximum absolute atomic E-state index is 9.93. The summed E-state index contributed by atoms with van der Waals surface area (Å²) in [6, 6.07) is 11.5. The van der Waals surface area contributed by atoms with Crippen LogP contribution in [0.15, 0.2) is 42.6 Å². The van der Waals surface area contributed by atoms with Gasteiger partial charge in [0.25, 0.3) is 0 Å². The molecule has 19 heavy (non-hydrogen) atoms. The average molecular weight is 253 g/mol. The normalized spacial score (nSPS) is 11.9. The first-order chi connectivity index (χ1) is 9.04. The number of hydrogen-bond donors (Lipinski definition) is 2. The summed E-state index contributed by atoms with van der Waals surface area (Å²) in [7, 11) is 0. The van der Waals surface area contributed by atoms with Crippen LogP contribution in [0.1, 0.15) is 19.4 Å². The number of aromatic nitrogens is 3. The second-order valence-corrected chi connectivity index (χ2v) is 5.10. The Bertz CT molecular complexity index is 675. The number of fused-ring (bicyclic) bond motifs is 1. The summed E-state index contributed by atoms with van der Waals surface area (Å²) in [5, 5.41) is 9.93. The molecule has 0 amide bonds. The molecule has 0 bridgehead atoms. The maximum atomic E-state index is 9.93. The number of hydrogen-bond acceptors (Lipinski definition) is 3. The third kappa shape index (κ3) is 2.22. The Hall–Kier alpha value is -2.20. The highest BCUT2D eigenvalue weighted by atomic mass is 16.3. The molecule has 0 unspecified atom stereocenters. The van der Waals surface area contributed by atoms with E-state index in [-0.39, 0.29) is 0 Å². The van der Waals surface area contributed by atoms with E-state index in [1.807, 2.05) is 36.4 Å². The number of imidazole rings is 1. The molecular formula is C15H15N3O. The van der Waals surface area contributed by atoms with Crippen molar-refractivity contribution in [1.29, 1.82) is 0 Å². The molecule has 4 heteroatoms. The molecule has 0 saturated heterocycles. The Balaban J connectivity index is 2.02. The number of rotatable bonds is 2. The van der Waals surface area contributed by atoms with Crippen LogP contribution < -0.4 is 0 Å². The summed E-state index contributed by atoms with van der Waals surface area (Å²) in [5.74, 6) is 0.788. The van der Waals surface area contributed by atoms with E-state index in [0.29, 0.717) is 5.65 Å². The van der Waals surface area contributed by atoms with Gasteiger partial charge in [-0.2, -0.15) is 0 Å². The fraction of sp³-hybridized carbons (Fsp3) is 0.200. The lowest BCUT2D eigenvalue weighted by Crippen LogP contribution is -2.14. The minimum atomic E-state index is -0.825. The third-order valence-corrected chi connectivity index (χ3v) is 3.12. The number of pyridine rings is 1. The van der Waals surface area contributed by atoms with Gasteiger partial charge in [-0.25, -0.2) is 9.97 Å². The van der Waals surface area contributed by atoms with Crippen molar-refractivity contribution < 1.29 is 5.11 Å². The highest BCUT2D eigenvalue weighted by molar-refractivity contribution is 5.75. The molecule has 0 aliphatic carbocycles. The Morgan fingerprint density at radius 2 is 1.84 bits per heavy atom. The second-order valence-electron chi connectivity index (χ2n) is 5.10. The summed E-state index contributed by atoms with van der Waals surface area (Å²) in [5.41, 5.74) is 2.66. The first-order valence-electron chi connectivity index (χ1n) is 6.18. The molecule has 0 spiro atoms. The van der Waals surface area contributed by atoms with Crippen LogP contribution in [-0.2, 0) is 5.60 Å². The predicted molar refractivity (Wildman–Crippen MR) is 74.6 cm³/mol. The zero-order valence-corrected chi connectivity index (χ0v) is 10.9. The molecule has 0 aliphatic rings. The number of nitrogens with one attached hydrogen (secondary N) is 1. The monoisotopic (exact) mass is 253 g/mol. The van der Waals surface area contributed by atoms with Crippen molar-refractivity contribution in [2.75, 3.05) is 0 Å². The van der Waals surface area contributed by atoms with E-state index in [9.17, 15) is 5.11 Å². The van der Waals surface area contributed by atoms with Gasteiger partial charge in [0.15, 0.2) is 5.65 Å². The van der Waals surface area contributed by atoms with Crippen molar-refractivity contribution in [3.63, 3.8) is 0 Å². The SMILES string of the molecule is CC(C)(O)c1ccc(-c2nc3ncccc3[nH]2)cc1. The van der Waals surface area contributed by atoms with Gasteiger partial charge in [-0.15, -0.1) is 0 Å². The average Bonchev–Trinajstić information content (AvgIpc) is 2.81. The zero-order valence-electron chi connectivity index (χ0n) is 10.9. The second kappa shape index (κ2) is 4.17. The first-order valence-corrected chi connectivity index (χ1v) is 6.18. The van der Waals surface area contributed by atoms with Gasteiger partial charge in [0.05, 0.1) is 11.1 Å². The Morgan fingerprint density at radius 3 is 2.47 bits per heavy atom. The van der Waals surface area contributed by atoms with Gasteiger partial charge in [-0.1, -0.05) is 24.3 Å². The van der Waals surface area contributed by atoms with Crippen molar-refractivity contribution in [2.45, 2.75) is 19.4 Å². The van der Waals surface area contributed by atoms with Crippen LogP contribution >= 0.6 is 0 Å². The van der Waals surface area contributed by atoms with Crippen LogP contribution in [0.25, 0.3) is 22.6 Å². The zero-order chi connectivity index (χ0) is 13.5. The summed E-state index contributed by atoms with van der Waals surface area (Å²) in [6.07, 6.45) is 1.73. The molecule has 2 aromatic heterocycles. The Kier molecular flexibility index (Phi) is 2.61. The molecule has 4 nitrogen and oxygen atoms in total. The number of H-pyrrole nitrogens is 1.